The van der Waals surface area contributed by atoms with Crippen LogP contribution in [0.3, 0.4) is 0 Å². The van der Waals surface area contributed by atoms with Crippen LogP contribution in [0.25, 0.3) is 43.7 Å². The Kier molecular flexibility index (Phi) is 7.76. The summed E-state index contributed by atoms with van der Waals surface area (Å²) in [6.45, 7) is 0. The van der Waals surface area contributed by atoms with Gasteiger partial charge in [0.05, 0.1) is 11.2 Å². The number of pyridine rings is 1. The predicted molar refractivity (Wildman–Crippen MR) is 216 cm³/mol. The fraction of sp³-hybridized carbons (Fsp3) is 0. The van der Waals surface area contributed by atoms with Crippen molar-refractivity contribution in [3.05, 3.63) is 200 Å². The van der Waals surface area contributed by atoms with Gasteiger partial charge < -0.3 is 9.46 Å². The molecule has 0 N–H and O–H groups in total. The number of hydrogen-bond acceptors (Lipinski definition) is 3. The summed E-state index contributed by atoms with van der Waals surface area (Å²) in [4.78, 5) is 7.66. The highest BCUT2D eigenvalue weighted by Crippen LogP contribution is 2.46. The second-order valence-electron chi connectivity index (χ2n) is 12.7. The molecule has 0 unspecified atom stereocenters. The smallest absolute Gasteiger partial charge is 0.171 e. The van der Waals surface area contributed by atoms with Crippen molar-refractivity contribution in [3.8, 4) is 11.3 Å². The molecule has 0 aliphatic rings. The Morgan fingerprint density at radius 2 is 0.922 bits per heavy atom. The van der Waals surface area contributed by atoms with Crippen LogP contribution in [0.5, 0.6) is 0 Å². The van der Waals surface area contributed by atoms with Gasteiger partial charge in [-0.3, -0.25) is 0 Å². The molecule has 1 aromatic heterocycles. The molecule has 3 nitrogen and oxygen atoms in total. The van der Waals surface area contributed by atoms with Gasteiger partial charge in [-0.25, -0.2) is 4.98 Å². The lowest BCUT2D eigenvalue weighted by Gasteiger charge is -2.26. The van der Waals surface area contributed by atoms with Crippen LogP contribution in [0.4, 0.5) is 17.1 Å². The van der Waals surface area contributed by atoms with Gasteiger partial charge in [0.1, 0.15) is 0 Å². The SMILES string of the molecule is O=P(c1ccccc1)(c1ccccc1)c1cccc2c1ccc1c(-c3ccccc3)nc3cc(N(c4ccccc4)c4ccccc4)ccc3c12. The monoisotopic (exact) mass is 672 g/mol. The van der Waals surface area contributed by atoms with Crippen molar-refractivity contribution in [3.63, 3.8) is 0 Å². The maximum absolute atomic E-state index is 15.7. The first-order chi connectivity index (χ1) is 25.2. The van der Waals surface area contributed by atoms with Gasteiger partial charge in [-0.05, 0) is 47.2 Å². The fourth-order valence-corrected chi connectivity index (χ4v) is 10.2. The molecule has 1 heterocycles. The molecule has 0 spiro atoms. The summed E-state index contributed by atoms with van der Waals surface area (Å²) in [7, 11) is -3.24. The molecule has 51 heavy (non-hydrogen) atoms. The fourth-order valence-electron chi connectivity index (χ4n) is 7.37. The lowest BCUT2D eigenvalue weighted by Crippen LogP contribution is -2.25. The van der Waals surface area contributed by atoms with E-state index in [1.807, 2.05) is 84.9 Å². The summed E-state index contributed by atoms with van der Waals surface area (Å²) in [5.74, 6) is 0. The molecule has 242 valence electrons. The lowest BCUT2D eigenvalue weighted by atomic mass is 9.95. The molecule has 9 aromatic rings. The third-order valence-corrected chi connectivity index (χ3v) is 12.8. The van der Waals surface area contributed by atoms with Gasteiger partial charge in [-0.1, -0.05) is 164 Å². The van der Waals surface area contributed by atoms with Crippen molar-refractivity contribution in [2.45, 2.75) is 0 Å². The Morgan fingerprint density at radius 1 is 0.412 bits per heavy atom. The minimum absolute atomic E-state index is 0.819. The number of nitrogens with zero attached hydrogens (tertiary/aromatic N) is 2. The molecule has 8 aromatic carbocycles. The summed E-state index contributed by atoms with van der Waals surface area (Å²) >= 11 is 0. The van der Waals surface area contributed by atoms with Gasteiger partial charge in [0.25, 0.3) is 0 Å². The first-order valence-electron chi connectivity index (χ1n) is 17.2. The predicted octanol–water partition coefficient (Wildman–Crippen LogP) is 11.3. The third kappa shape index (κ3) is 5.31. The van der Waals surface area contributed by atoms with Gasteiger partial charge in [0.15, 0.2) is 7.14 Å². The standard InChI is InChI=1S/C47H33N2OP/c50-51(38-23-12-4-13-24-38,39-25-14-5-15-26-39)45-28-16-27-41-40(45)31-32-43-46(41)42-30-29-37(33-44(42)48-47(43)34-17-6-1-7-18-34)49(35-19-8-2-9-20-35)36-21-10-3-11-22-36/h1-33H. The van der Waals surface area contributed by atoms with E-state index >= 15 is 4.57 Å². The zero-order valence-electron chi connectivity index (χ0n) is 27.8. The van der Waals surface area contributed by atoms with E-state index < -0.39 is 7.14 Å². The molecule has 0 aliphatic heterocycles. The van der Waals surface area contributed by atoms with Crippen molar-refractivity contribution < 1.29 is 4.57 Å². The molecular formula is C47H33N2OP. The summed E-state index contributed by atoms with van der Waals surface area (Å²) in [5, 5.41) is 7.71. The van der Waals surface area contributed by atoms with Crippen LogP contribution >= 0.6 is 7.14 Å². The molecule has 0 bridgehead atoms. The van der Waals surface area contributed by atoms with E-state index in [2.05, 4.69) is 120 Å². The molecule has 0 aliphatic carbocycles. The van der Waals surface area contributed by atoms with Gasteiger partial charge in [0, 0.05) is 54.7 Å². The van der Waals surface area contributed by atoms with Crippen LogP contribution < -0.4 is 20.8 Å². The minimum Gasteiger partial charge on any atom is -0.310 e. The molecule has 0 amide bonds. The molecule has 4 heteroatoms. The van der Waals surface area contributed by atoms with Crippen LogP contribution in [0.1, 0.15) is 0 Å². The van der Waals surface area contributed by atoms with Gasteiger partial charge in [0.2, 0.25) is 0 Å². The van der Waals surface area contributed by atoms with Crippen LogP contribution in [-0.2, 0) is 4.57 Å². The highest BCUT2D eigenvalue weighted by molar-refractivity contribution is 7.85. The van der Waals surface area contributed by atoms with Crippen molar-refractivity contribution in [2.24, 2.45) is 0 Å². The van der Waals surface area contributed by atoms with Gasteiger partial charge in [-0.2, -0.15) is 0 Å². The Balaban J connectivity index is 1.35. The molecule has 0 saturated carbocycles. The summed E-state index contributed by atoms with van der Waals surface area (Å²) < 4.78 is 15.7. The quantitative estimate of drug-likeness (QED) is 0.125. The Hall–Kier alpha value is -6.28. The highest BCUT2D eigenvalue weighted by atomic mass is 31.2. The van der Waals surface area contributed by atoms with Crippen LogP contribution in [0.2, 0.25) is 0 Å². The highest BCUT2D eigenvalue weighted by Gasteiger charge is 2.31. The van der Waals surface area contributed by atoms with E-state index in [1.54, 1.807) is 0 Å². The summed E-state index contributed by atoms with van der Waals surface area (Å²) in [6.07, 6.45) is 0. The molecule has 9 rings (SSSR count). The molecule has 0 atom stereocenters. The number of anilines is 3. The lowest BCUT2D eigenvalue weighted by molar-refractivity contribution is 0.592. The molecule has 0 radical (unpaired) electrons. The normalized spacial score (nSPS) is 11.6. The van der Waals surface area contributed by atoms with E-state index in [-0.39, 0.29) is 0 Å². The first kappa shape index (κ1) is 30.8. The molecule has 0 fully saturated rings. The average molecular weight is 673 g/mol. The number of aromatic nitrogens is 1. The van der Waals surface area contributed by atoms with E-state index in [9.17, 15) is 0 Å². The maximum Gasteiger partial charge on any atom is 0.171 e. The summed E-state index contributed by atoms with van der Waals surface area (Å²) in [6, 6.07) is 68.3. The number of para-hydroxylation sites is 2. The zero-order valence-corrected chi connectivity index (χ0v) is 28.7. The van der Waals surface area contributed by atoms with Crippen molar-refractivity contribution >= 4 is 72.6 Å². The van der Waals surface area contributed by atoms with Crippen molar-refractivity contribution in [1.82, 2.24) is 4.98 Å². The first-order valence-corrected chi connectivity index (χ1v) is 18.9. The summed E-state index contributed by atoms with van der Waals surface area (Å²) in [5.41, 5.74) is 6.02. The largest absolute Gasteiger partial charge is 0.310 e. The second kappa shape index (κ2) is 12.9. The number of fused-ring (bicyclic) bond motifs is 5. The zero-order chi connectivity index (χ0) is 34.2. The average Bonchev–Trinajstić information content (AvgIpc) is 3.21. The Morgan fingerprint density at radius 3 is 1.51 bits per heavy atom. The Bertz CT molecular complexity index is 2620. The molecular weight excluding hydrogens is 640 g/mol. The maximum atomic E-state index is 15.7. The molecule has 0 saturated heterocycles. The van der Waals surface area contributed by atoms with E-state index in [0.29, 0.717) is 0 Å². The second-order valence-corrected chi connectivity index (χ2v) is 15.4. The van der Waals surface area contributed by atoms with Crippen LogP contribution in [-0.4, -0.2) is 4.98 Å². The Labute approximate surface area is 297 Å². The van der Waals surface area contributed by atoms with E-state index in [1.165, 1.54) is 0 Å². The topological polar surface area (TPSA) is 33.2 Å². The minimum atomic E-state index is -3.24. The van der Waals surface area contributed by atoms with Crippen LogP contribution in [0.15, 0.2) is 200 Å². The van der Waals surface area contributed by atoms with Gasteiger partial charge >= 0.3 is 0 Å². The van der Waals surface area contributed by atoms with Crippen molar-refractivity contribution in [2.75, 3.05) is 4.90 Å². The number of rotatable bonds is 7. The van der Waals surface area contributed by atoms with Crippen molar-refractivity contribution in [1.29, 1.82) is 0 Å². The number of benzene rings is 8. The van der Waals surface area contributed by atoms with Gasteiger partial charge in [-0.15, -0.1) is 0 Å². The van der Waals surface area contributed by atoms with Crippen LogP contribution in [0, 0.1) is 0 Å². The van der Waals surface area contributed by atoms with E-state index in [4.69, 9.17) is 4.98 Å². The number of hydrogen-bond donors (Lipinski definition) is 0. The third-order valence-electron chi connectivity index (χ3n) is 9.69. The van der Waals surface area contributed by atoms with E-state index in [0.717, 1.165) is 76.7 Å².